The first kappa shape index (κ1) is 24.9. The molecule has 36 heavy (non-hydrogen) atoms. The van der Waals surface area contributed by atoms with Gasteiger partial charge in [0.2, 0.25) is 5.91 Å². The van der Waals surface area contributed by atoms with Crippen molar-refractivity contribution in [3.05, 3.63) is 107 Å². The van der Waals surface area contributed by atoms with Crippen molar-refractivity contribution in [2.75, 3.05) is 13.1 Å². The molecule has 182 valence electrons. The van der Waals surface area contributed by atoms with Gasteiger partial charge in [0.15, 0.2) is 0 Å². The minimum Gasteiger partial charge on any atom is -0.487 e. The zero-order valence-electron chi connectivity index (χ0n) is 19.8. The molecule has 0 bridgehead atoms. The standard InChI is InChI=1S/C29H26ClN3O3/c1-20(34)31-16-17-32-29(35)27(18-21-6-11-24(30)12-7-21)22-9-14-26(15-10-22)36-19-25-13-8-23-4-2-3-5-28(23)33-25/h2-15,18H,16-17,19H2,1H3,(H,31,34)(H,32,35). The number of halogens is 1. The maximum atomic E-state index is 13.0. The van der Waals surface area contributed by atoms with Crippen LogP contribution in [0.5, 0.6) is 5.75 Å². The number of benzene rings is 3. The molecule has 0 fully saturated rings. The average Bonchev–Trinajstić information content (AvgIpc) is 2.89. The molecule has 0 unspecified atom stereocenters. The SMILES string of the molecule is CC(=O)NCCNC(=O)C(=Cc1ccc(Cl)cc1)c1ccc(OCc2ccc3ccccc3n2)cc1. The summed E-state index contributed by atoms with van der Waals surface area (Å²) in [5.41, 5.74) is 3.82. The van der Waals surface area contributed by atoms with E-state index in [9.17, 15) is 9.59 Å². The van der Waals surface area contributed by atoms with Gasteiger partial charge in [-0.2, -0.15) is 0 Å². The van der Waals surface area contributed by atoms with Crippen LogP contribution < -0.4 is 15.4 Å². The zero-order valence-corrected chi connectivity index (χ0v) is 20.6. The summed E-state index contributed by atoms with van der Waals surface area (Å²) >= 11 is 6.01. The molecule has 0 aliphatic rings. The van der Waals surface area contributed by atoms with E-state index in [0.717, 1.165) is 27.7 Å². The Balaban J connectivity index is 1.48. The molecule has 0 aliphatic heterocycles. The van der Waals surface area contributed by atoms with E-state index in [1.807, 2.05) is 72.8 Å². The summed E-state index contributed by atoms with van der Waals surface area (Å²) in [6.07, 6.45) is 1.80. The molecular weight excluding hydrogens is 474 g/mol. The maximum absolute atomic E-state index is 13.0. The molecule has 0 atom stereocenters. The van der Waals surface area contributed by atoms with Gasteiger partial charge >= 0.3 is 0 Å². The van der Waals surface area contributed by atoms with E-state index in [4.69, 9.17) is 16.3 Å². The molecule has 0 spiro atoms. The summed E-state index contributed by atoms with van der Waals surface area (Å²) in [4.78, 5) is 28.7. The fraction of sp³-hybridized carbons (Fsp3) is 0.138. The van der Waals surface area contributed by atoms with Crippen LogP contribution in [0.2, 0.25) is 5.02 Å². The van der Waals surface area contributed by atoms with E-state index in [-0.39, 0.29) is 11.8 Å². The number of para-hydroxylation sites is 1. The van der Waals surface area contributed by atoms with Crippen molar-refractivity contribution in [2.45, 2.75) is 13.5 Å². The number of nitrogens with one attached hydrogen (secondary N) is 2. The summed E-state index contributed by atoms with van der Waals surface area (Å²) in [6, 6.07) is 26.5. The number of ether oxygens (including phenoxy) is 1. The molecule has 0 saturated heterocycles. The van der Waals surface area contributed by atoms with Gasteiger partial charge < -0.3 is 15.4 Å². The minimum absolute atomic E-state index is 0.143. The summed E-state index contributed by atoms with van der Waals surface area (Å²) < 4.78 is 5.93. The zero-order chi connectivity index (χ0) is 25.3. The highest BCUT2D eigenvalue weighted by Gasteiger charge is 2.13. The van der Waals surface area contributed by atoms with Gasteiger partial charge in [-0.15, -0.1) is 0 Å². The Bertz CT molecular complexity index is 1380. The highest BCUT2D eigenvalue weighted by molar-refractivity contribution is 6.30. The molecule has 3 aromatic carbocycles. The lowest BCUT2D eigenvalue weighted by Crippen LogP contribution is -2.34. The van der Waals surface area contributed by atoms with Crippen molar-refractivity contribution in [1.29, 1.82) is 0 Å². The molecular formula is C29H26ClN3O3. The normalized spacial score (nSPS) is 11.2. The van der Waals surface area contributed by atoms with Crippen molar-refractivity contribution < 1.29 is 14.3 Å². The summed E-state index contributed by atoms with van der Waals surface area (Å²) in [5, 5.41) is 7.23. The highest BCUT2D eigenvalue weighted by atomic mass is 35.5. The number of carbonyl (C=O) groups excluding carboxylic acids is 2. The summed E-state index contributed by atoms with van der Waals surface area (Å²) in [6.45, 7) is 2.44. The summed E-state index contributed by atoms with van der Waals surface area (Å²) in [5.74, 6) is 0.283. The minimum atomic E-state index is -0.246. The van der Waals surface area contributed by atoms with Crippen molar-refractivity contribution in [1.82, 2.24) is 15.6 Å². The number of aromatic nitrogens is 1. The average molecular weight is 500 g/mol. The maximum Gasteiger partial charge on any atom is 0.251 e. The molecule has 2 amide bonds. The Labute approximate surface area is 215 Å². The molecule has 7 heteroatoms. The van der Waals surface area contributed by atoms with Crippen LogP contribution in [0.25, 0.3) is 22.6 Å². The Kier molecular flexibility index (Phi) is 8.32. The number of rotatable bonds is 9. The largest absolute Gasteiger partial charge is 0.487 e. The van der Waals surface area contributed by atoms with Crippen LogP contribution in [0.15, 0.2) is 84.9 Å². The third-order valence-electron chi connectivity index (χ3n) is 5.42. The van der Waals surface area contributed by atoms with Gasteiger partial charge in [-0.3, -0.25) is 9.59 Å². The van der Waals surface area contributed by atoms with Gasteiger partial charge in [0.1, 0.15) is 12.4 Å². The van der Waals surface area contributed by atoms with E-state index < -0.39 is 0 Å². The third kappa shape index (κ3) is 6.93. The van der Waals surface area contributed by atoms with E-state index in [1.54, 1.807) is 18.2 Å². The van der Waals surface area contributed by atoms with Crippen molar-refractivity contribution in [3.63, 3.8) is 0 Å². The Morgan fingerprint density at radius 2 is 1.61 bits per heavy atom. The van der Waals surface area contributed by atoms with Gasteiger partial charge in [0.05, 0.1) is 11.2 Å². The fourth-order valence-corrected chi connectivity index (χ4v) is 3.72. The monoisotopic (exact) mass is 499 g/mol. The van der Waals surface area contributed by atoms with Crippen LogP contribution in [0.3, 0.4) is 0 Å². The lowest BCUT2D eigenvalue weighted by Gasteiger charge is -2.12. The smallest absolute Gasteiger partial charge is 0.251 e. The molecule has 0 aliphatic carbocycles. The molecule has 1 heterocycles. The Morgan fingerprint density at radius 1 is 0.889 bits per heavy atom. The molecule has 6 nitrogen and oxygen atoms in total. The number of amides is 2. The molecule has 0 radical (unpaired) electrons. The number of fused-ring (bicyclic) bond motifs is 1. The molecule has 2 N–H and O–H groups in total. The van der Waals surface area contributed by atoms with Crippen LogP contribution in [-0.2, 0) is 16.2 Å². The lowest BCUT2D eigenvalue weighted by molar-refractivity contribution is -0.119. The van der Waals surface area contributed by atoms with Gasteiger partial charge in [0.25, 0.3) is 5.91 Å². The van der Waals surface area contributed by atoms with Gasteiger partial charge in [-0.05, 0) is 53.6 Å². The molecule has 4 aromatic rings. The van der Waals surface area contributed by atoms with Gasteiger partial charge in [-0.25, -0.2) is 4.98 Å². The highest BCUT2D eigenvalue weighted by Crippen LogP contribution is 2.23. The van der Waals surface area contributed by atoms with Crippen molar-refractivity contribution in [2.24, 2.45) is 0 Å². The van der Waals surface area contributed by atoms with Crippen LogP contribution in [-0.4, -0.2) is 29.9 Å². The topological polar surface area (TPSA) is 80.3 Å². The first-order valence-electron chi connectivity index (χ1n) is 11.6. The first-order chi connectivity index (χ1) is 17.5. The van der Waals surface area contributed by atoms with E-state index in [2.05, 4.69) is 15.6 Å². The number of pyridine rings is 1. The predicted molar refractivity (Wildman–Crippen MR) is 144 cm³/mol. The molecule has 0 saturated carbocycles. The third-order valence-corrected chi connectivity index (χ3v) is 5.67. The number of hydrogen-bond donors (Lipinski definition) is 2. The Hall–Kier alpha value is -4.16. The second-order valence-corrected chi connectivity index (χ2v) is 8.59. The fourth-order valence-electron chi connectivity index (χ4n) is 3.59. The second-order valence-electron chi connectivity index (χ2n) is 8.16. The lowest BCUT2D eigenvalue weighted by atomic mass is 10.0. The molecule has 1 aromatic heterocycles. The van der Waals surface area contributed by atoms with Crippen molar-refractivity contribution >= 4 is 46.0 Å². The van der Waals surface area contributed by atoms with E-state index in [1.165, 1.54) is 6.92 Å². The number of hydrogen-bond acceptors (Lipinski definition) is 4. The van der Waals surface area contributed by atoms with Gasteiger partial charge in [0, 0.05) is 36.0 Å². The number of carbonyl (C=O) groups is 2. The van der Waals surface area contributed by atoms with Crippen LogP contribution in [0.1, 0.15) is 23.7 Å². The number of nitrogens with zero attached hydrogens (tertiary/aromatic N) is 1. The van der Waals surface area contributed by atoms with Crippen LogP contribution >= 0.6 is 11.6 Å². The van der Waals surface area contributed by atoms with Crippen LogP contribution in [0.4, 0.5) is 0 Å². The first-order valence-corrected chi connectivity index (χ1v) is 11.9. The summed E-state index contributed by atoms with van der Waals surface area (Å²) in [7, 11) is 0. The van der Waals surface area contributed by atoms with Crippen LogP contribution in [0, 0.1) is 0 Å². The Morgan fingerprint density at radius 3 is 2.36 bits per heavy atom. The van der Waals surface area contributed by atoms with Gasteiger partial charge in [-0.1, -0.05) is 60.1 Å². The predicted octanol–water partition coefficient (Wildman–Crippen LogP) is 5.26. The quantitative estimate of drug-likeness (QED) is 0.187. The van der Waals surface area contributed by atoms with Crippen molar-refractivity contribution in [3.8, 4) is 5.75 Å². The van der Waals surface area contributed by atoms with E-state index in [0.29, 0.717) is 36.0 Å². The molecule has 4 rings (SSSR count). The van der Waals surface area contributed by atoms with E-state index >= 15 is 0 Å². The second kappa shape index (κ2) is 12.0.